The zero-order valence-corrected chi connectivity index (χ0v) is 12.6. The van der Waals surface area contributed by atoms with Gasteiger partial charge in [-0.05, 0) is 12.8 Å². The highest BCUT2D eigenvalue weighted by Crippen LogP contribution is 2.16. The number of aromatic nitrogens is 1. The second-order valence-corrected chi connectivity index (χ2v) is 5.09. The number of ether oxygens (including phenoxy) is 1. The van der Waals surface area contributed by atoms with Gasteiger partial charge in [0.25, 0.3) is 0 Å². The summed E-state index contributed by atoms with van der Waals surface area (Å²) in [6.45, 7) is 5.50. The third-order valence-electron chi connectivity index (χ3n) is 3.59. The fraction of sp³-hybridized carbons (Fsp3) is 0.714. The summed E-state index contributed by atoms with van der Waals surface area (Å²) in [5.41, 5.74) is 0.984. The molecule has 0 amide bonds. The largest absolute Gasteiger partial charge is 0.384 e. The molecule has 112 valence electrons. The maximum atomic E-state index is 5.27. The Labute approximate surface area is 120 Å². The van der Waals surface area contributed by atoms with Crippen molar-refractivity contribution < 1.29 is 9.26 Å². The van der Waals surface area contributed by atoms with Crippen molar-refractivity contribution in [2.24, 2.45) is 10.9 Å². The van der Waals surface area contributed by atoms with Crippen LogP contribution < -0.4 is 5.32 Å². The molecule has 1 N–H and O–H groups in total. The Morgan fingerprint density at radius 3 is 3.15 bits per heavy atom. The maximum absolute atomic E-state index is 5.27. The molecular weight excluding hydrogens is 256 g/mol. The van der Waals surface area contributed by atoms with Gasteiger partial charge < -0.3 is 19.5 Å². The fourth-order valence-corrected chi connectivity index (χ4v) is 2.50. The van der Waals surface area contributed by atoms with Crippen molar-refractivity contribution in [2.75, 3.05) is 33.9 Å². The summed E-state index contributed by atoms with van der Waals surface area (Å²) in [4.78, 5) is 6.60. The van der Waals surface area contributed by atoms with E-state index in [4.69, 9.17) is 9.26 Å². The van der Waals surface area contributed by atoms with Crippen molar-refractivity contribution in [1.29, 1.82) is 0 Å². The van der Waals surface area contributed by atoms with Gasteiger partial charge in [0, 0.05) is 39.2 Å². The van der Waals surface area contributed by atoms with Crippen LogP contribution in [0.15, 0.2) is 15.6 Å². The number of hydrogen-bond acceptors (Lipinski definition) is 4. The van der Waals surface area contributed by atoms with E-state index in [0.717, 1.165) is 50.0 Å². The molecule has 0 aliphatic carbocycles. The summed E-state index contributed by atoms with van der Waals surface area (Å²) < 4.78 is 10.5. The lowest BCUT2D eigenvalue weighted by molar-refractivity contribution is 0.157. The van der Waals surface area contributed by atoms with Crippen molar-refractivity contribution >= 4 is 5.96 Å². The number of nitrogens with one attached hydrogen (secondary N) is 1. The van der Waals surface area contributed by atoms with Gasteiger partial charge in [-0.15, -0.1) is 0 Å². The van der Waals surface area contributed by atoms with E-state index in [-0.39, 0.29) is 0 Å². The first-order chi connectivity index (χ1) is 9.76. The quantitative estimate of drug-likeness (QED) is 0.650. The smallest absolute Gasteiger partial charge is 0.194 e. The molecule has 0 bridgehead atoms. The van der Waals surface area contributed by atoms with Gasteiger partial charge in [-0.25, -0.2) is 0 Å². The van der Waals surface area contributed by atoms with Gasteiger partial charge in [0.1, 0.15) is 0 Å². The molecule has 1 atom stereocenters. The number of aryl methyl sites for hydroxylation is 1. The second-order valence-electron chi connectivity index (χ2n) is 5.09. The Balaban J connectivity index is 1.84. The van der Waals surface area contributed by atoms with Crippen molar-refractivity contribution in [3.05, 3.63) is 17.5 Å². The van der Waals surface area contributed by atoms with Crippen molar-refractivity contribution in [1.82, 2.24) is 15.4 Å². The third-order valence-corrected chi connectivity index (χ3v) is 3.59. The molecule has 6 nitrogen and oxygen atoms in total. The zero-order chi connectivity index (χ0) is 14.4. The van der Waals surface area contributed by atoms with Crippen molar-refractivity contribution in [3.63, 3.8) is 0 Å². The van der Waals surface area contributed by atoms with Crippen molar-refractivity contribution in [2.45, 2.75) is 26.3 Å². The SMILES string of the molecule is CCc1cc(CNC(=NC)N2CCC(COC)C2)on1. The molecule has 1 saturated heterocycles. The van der Waals surface area contributed by atoms with Crippen LogP contribution in [0.4, 0.5) is 0 Å². The lowest BCUT2D eigenvalue weighted by atomic mass is 10.1. The molecule has 1 aliphatic rings. The van der Waals surface area contributed by atoms with Gasteiger partial charge >= 0.3 is 0 Å². The molecule has 1 fully saturated rings. The van der Waals surface area contributed by atoms with Crippen LogP contribution >= 0.6 is 0 Å². The van der Waals surface area contributed by atoms with Crippen LogP contribution in [-0.4, -0.2) is 49.9 Å². The fourth-order valence-electron chi connectivity index (χ4n) is 2.50. The average Bonchev–Trinajstić information content (AvgIpc) is 3.09. The molecule has 6 heteroatoms. The van der Waals surface area contributed by atoms with E-state index in [1.807, 2.05) is 13.1 Å². The maximum Gasteiger partial charge on any atom is 0.194 e. The summed E-state index contributed by atoms with van der Waals surface area (Å²) in [6, 6.07) is 1.98. The van der Waals surface area contributed by atoms with Crippen LogP contribution in [0, 0.1) is 5.92 Å². The number of methoxy groups -OCH3 is 1. The van der Waals surface area contributed by atoms with Gasteiger partial charge in [0.15, 0.2) is 11.7 Å². The van der Waals surface area contributed by atoms with E-state index in [1.54, 1.807) is 7.11 Å². The number of guanidine groups is 1. The minimum Gasteiger partial charge on any atom is -0.384 e. The molecule has 1 aromatic rings. The summed E-state index contributed by atoms with van der Waals surface area (Å²) in [5.74, 6) is 2.35. The van der Waals surface area contributed by atoms with E-state index < -0.39 is 0 Å². The summed E-state index contributed by atoms with van der Waals surface area (Å²) in [6.07, 6.45) is 2.04. The third kappa shape index (κ3) is 3.72. The monoisotopic (exact) mass is 280 g/mol. The van der Waals surface area contributed by atoms with Gasteiger partial charge in [0.05, 0.1) is 18.8 Å². The van der Waals surface area contributed by atoms with Crippen molar-refractivity contribution in [3.8, 4) is 0 Å². The van der Waals surface area contributed by atoms with E-state index in [9.17, 15) is 0 Å². The molecule has 0 aromatic carbocycles. The predicted octanol–water partition coefficient (Wildman–Crippen LogP) is 1.28. The molecular formula is C14H24N4O2. The molecule has 1 aromatic heterocycles. The first-order valence-corrected chi connectivity index (χ1v) is 7.15. The van der Waals surface area contributed by atoms with Gasteiger partial charge in [-0.3, -0.25) is 4.99 Å². The van der Waals surface area contributed by atoms with Crippen LogP contribution in [0.3, 0.4) is 0 Å². The standard InChI is InChI=1S/C14H24N4O2/c1-4-12-7-13(20-17-12)8-16-14(15-2)18-6-5-11(9-18)10-19-3/h7,11H,4-6,8-10H2,1-3H3,(H,15,16). The Morgan fingerprint density at radius 1 is 1.65 bits per heavy atom. The lowest BCUT2D eigenvalue weighted by Crippen LogP contribution is -2.39. The topological polar surface area (TPSA) is 62.9 Å². The summed E-state index contributed by atoms with van der Waals surface area (Å²) in [5, 5.41) is 7.32. The summed E-state index contributed by atoms with van der Waals surface area (Å²) >= 11 is 0. The van der Waals surface area contributed by atoms with Gasteiger partial charge in [-0.2, -0.15) is 0 Å². The van der Waals surface area contributed by atoms with E-state index >= 15 is 0 Å². The number of likely N-dealkylation sites (tertiary alicyclic amines) is 1. The normalized spacial score (nSPS) is 19.6. The predicted molar refractivity (Wildman–Crippen MR) is 77.6 cm³/mol. The second kappa shape index (κ2) is 7.28. The lowest BCUT2D eigenvalue weighted by Gasteiger charge is -2.21. The van der Waals surface area contributed by atoms with E-state index in [1.165, 1.54) is 0 Å². The molecule has 0 saturated carbocycles. The molecule has 0 spiro atoms. The molecule has 0 radical (unpaired) electrons. The van der Waals surface area contributed by atoms with Crippen LogP contribution in [0.5, 0.6) is 0 Å². The molecule has 1 aliphatic heterocycles. The number of aliphatic imine (C=N–C) groups is 1. The highest BCUT2D eigenvalue weighted by atomic mass is 16.5. The minimum absolute atomic E-state index is 0.593. The van der Waals surface area contributed by atoms with Crippen LogP contribution in [0.25, 0.3) is 0 Å². The highest BCUT2D eigenvalue weighted by Gasteiger charge is 2.24. The zero-order valence-electron chi connectivity index (χ0n) is 12.6. The Hall–Kier alpha value is -1.56. The van der Waals surface area contributed by atoms with Crippen LogP contribution in [0.1, 0.15) is 24.8 Å². The van der Waals surface area contributed by atoms with Crippen LogP contribution in [-0.2, 0) is 17.7 Å². The first-order valence-electron chi connectivity index (χ1n) is 7.15. The van der Waals surface area contributed by atoms with Gasteiger partial charge in [-0.1, -0.05) is 12.1 Å². The number of hydrogen-bond donors (Lipinski definition) is 1. The van der Waals surface area contributed by atoms with E-state index in [2.05, 4.69) is 27.3 Å². The van der Waals surface area contributed by atoms with E-state index in [0.29, 0.717) is 12.5 Å². The number of nitrogens with zero attached hydrogens (tertiary/aromatic N) is 3. The average molecular weight is 280 g/mol. The molecule has 2 rings (SSSR count). The highest BCUT2D eigenvalue weighted by molar-refractivity contribution is 5.80. The summed E-state index contributed by atoms with van der Waals surface area (Å²) in [7, 11) is 3.56. The number of rotatable bonds is 5. The molecule has 2 heterocycles. The Kier molecular flexibility index (Phi) is 5.40. The van der Waals surface area contributed by atoms with Gasteiger partial charge in [0.2, 0.25) is 0 Å². The molecule has 1 unspecified atom stereocenters. The molecule has 20 heavy (non-hydrogen) atoms. The first kappa shape index (κ1) is 14.8. The van der Waals surface area contributed by atoms with Crippen LogP contribution in [0.2, 0.25) is 0 Å². The minimum atomic E-state index is 0.593. The Bertz CT molecular complexity index is 444. The Morgan fingerprint density at radius 2 is 2.50 bits per heavy atom.